The van der Waals surface area contributed by atoms with E-state index >= 15 is 0 Å². The number of aromatic nitrogens is 1. The minimum atomic E-state index is 0.0934. The van der Waals surface area contributed by atoms with Crippen LogP contribution >= 0.6 is 0 Å². The Bertz CT molecular complexity index is 519. The molecule has 0 bridgehead atoms. The molecule has 0 atom stereocenters. The number of nitrogens with one attached hydrogen (secondary N) is 2. The molecule has 0 saturated heterocycles. The Kier molecular flexibility index (Phi) is 16.4. The third kappa shape index (κ3) is 15.1. The molecule has 0 fully saturated rings. The van der Waals surface area contributed by atoms with Crippen molar-refractivity contribution in [2.24, 2.45) is 0 Å². The quantitative estimate of drug-likeness (QED) is 0.201. The molecule has 2 N–H and O–H groups in total. The Balaban J connectivity index is 1.89. The molecule has 166 valence electrons. The van der Waals surface area contributed by atoms with Crippen LogP contribution in [0.3, 0.4) is 0 Å². The van der Waals surface area contributed by atoms with Gasteiger partial charge in [0.15, 0.2) is 0 Å². The lowest BCUT2D eigenvalue weighted by atomic mass is 10.0. The van der Waals surface area contributed by atoms with E-state index in [9.17, 15) is 4.79 Å². The van der Waals surface area contributed by atoms with Crippen LogP contribution < -0.4 is 10.9 Å². The van der Waals surface area contributed by atoms with Crippen LogP contribution in [-0.4, -0.2) is 10.9 Å². The molecule has 0 spiro atoms. The van der Waals surface area contributed by atoms with E-state index in [1.165, 1.54) is 70.6 Å². The number of hydrazine groups is 1. The number of carbonyl (C=O) groups is 1. The summed E-state index contributed by atoms with van der Waals surface area (Å²) in [7, 11) is 0. The average molecular weight is 404 g/mol. The van der Waals surface area contributed by atoms with Gasteiger partial charge in [0.05, 0.1) is 0 Å². The number of carbonyl (C=O) groups excluding carboxylic acids is 1. The summed E-state index contributed by atoms with van der Waals surface area (Å²) in [5, 5.41) is 0. The zero-order valence-electron chi connectivity index (χ0n) is 19.1. The van der Waals surface area contributed by atoms with Crippen molar-refractivity contribution in [1.82, 2.24) is 15.8 Å². The van der Waals surface area contributed by atoms with Crippen LogP contribution in [0, 0.1) is 0 Å². The van der Waals surface area contributed by atoms with E-state index in [-0.39, 0.29) is 5.91 Å². The monoisotopic (exact) mass is 403 g/mol. The minimum absolute atomic E-state index is 0.0934. The van der Waals surface area contributed by atoms with E-state index in [1.807, 2.05) is 12.3 Å². The van der Waals surface area contributed by atoms with Crippen molar-refractivity contribution in [3.8, 4) is 0 Å². The standard InChI is InChI=1S/C25H45N3O/c1-3-5-6-7-8-9-10-11-12-13-14-15-16-18-25(29)28-27-22-23-19-20-26-24(21-23)17-4-2/h19-21,27H,3-18,22H2,1-2H3,(H,28,29). The summed E-state index contributed by atoms with van der Waals surface area (Å²) in [6.45, 7) is 5.07. The second-order valence-corrected chi connectivity index (χ2v) is 8.30. The van der Waals surface area contributed by atoms with E-state index in [4.69, 9.17) is 0 Å². The SMILES string of the molecule is CCCCCCCCCCCCCCCC(=O)NNCc1ccnc(CCC)c1. The largest absolute Gasteiger partial charge is 0.291 e. The fraction of sp³-hybridized carbons (Fsp3) is 0.760. The molecule has 0 radical (unpaired) electrons. The van der Waals surface area contributed by atoms with Gasteiger partial charge in [0.1, 0.15) is 0 Å². The van der Waals surface area contributed by atoms with Gasteiger partial charge in [0.2, 0.25) is 5.91 Å². The van der Waals surface area contributed by atoms with Gasteiger partial charge in [-0.25, -0.2) is 5.43 Å². The lowest BCUT2D eigenvalue weighted by Crippen LogP contribution is -2.36. The van der Waals surface area contributed by atoms with Gasteiger partial charge in [-0.15, -0.1) is 0 Å². The molecule has 0 aromatic carbocycles. The van der Waals surface area contributed by atoms with Crippen molar-refractivity contribution < 1.29 is 4.79 Å². The van der Waals surface area contributed by atoms with Gasteiger partial charge >= 0.3 is 0 Å². The smallest absolute Gasteiger partial charge is 0.234 e. The van der Waals surface area contributed by atoms with Gasteiger partial charge in [-0.1, -0.05) is 97.3 Å². The maximum absolute atomic E-state index is 11.9. The normalized spacial score (nSPS) is 11.0. The highest BCUT2D eigenvalue weighted by atomic mass is 16.2. The number of unbranched alkanes of at least 4 members (excludes halogenated alkanes) is 12. The lowest BCUT2D eigenvalue weighted by molar-refractivity contribution is -0.122. The maximum Gasteiger partial charge on any atom is 0.234 e. The van der Waals surface area contributed by atoms with Crippen LogP contribution in [0.15, 0.2) is 18.3 Å². The first-order valence-corrected chi connectivity index (χ1v) is 12.2. The summed E-state index contributed by atoms with van der Waals surface area (Å²) in [4.78, 5) is 16.3. The molecule has 1 rings (SSSR count). The molecule has 0 aliphatic heterocycles. The average Bonchev–Trinajstić information content (AvgIpc) is 2.72. The van der Waals surface area contributed by atoms with Gasteiger partial charge in [-0.05, 0) is 30.5 Å². The van der Waals surface area contributed by atoms with Gasteiger partial charge in [-0.3, -0.25) is 15.2 Å². The van der Waals surface area contributed by atoms with Crippen LogP contribution in [0.4, 0.5) is 0 Å². The molecular weight excluding hydrogens is 358 g/mol. The summed E-state index contributed by atoms with van der Waals surface area (Å²) in [5.41, 5.74) is 8.13. The third-order valence-corrected chi connectivity index (χ3v) is 5.41. The molecular formula is C25H45N3O. The molecule has 0 aliphatic carbocycles. The maximum atomic E-state index is 11.9. The van der Waals surface area contributed by atoms with Gasteiger partial charge < -0.3 is 0 Å². The Labute approximate surface area is 179 Å². The molecule has 4 heteroatoms. The van der Waals surface area contributed by atoms with Gasteiger partial charge in [-0.2, -0.15) is 0 Å². The second kappa shape index (κ2) is 18.6. The predicted octanol–water partition coefficient (Wildman–Crippen LogP) is 6.64. The number of nitrogens with zero attached hydrogens (tertiary/aromatic N) is 1. The topological polar surface area (TPSA) is 54.0 Å². The van der Waals surface area contributed by atoms with Crippen LogP contribution in [-0.2, 0) is 17.8 Å². The molecule has 0 aliphatic rings. The van der Waals surface area contributed by atoms with Crippen molar-refractivity contribution in [2.75, 3.05) is 0 Å². The van der Waals surface area contributed by atoms with Crippen molar-refractivity contribution in [3.63, 3.8) is 0 Å². The van der Waals surface area contributed by atoms with E-state index in [2.05, 4.69) is 35.7 Å². The first-order valence-electron chi connectivity index (χ1n) is 12.2. The third-order valence-electron chi connectivity index (χ3n) is 5.41. The Morgan fingerprint density at radius 1 is 0.828 bits per heavy atom. The number of hydrogen-bond acceptors (Lipinski definition) is 3. The number of rotatable bonds is 19. The number of aryl methyl sites for hydroxylation is 1. The highest BCUT2D eigenvalue weighted by molar-refractivity contribution is 5.75. The van der Waals surface area contributed by atoms with Crippen LogP contribution in [0.1, 0.15) is 121 Å². The summed E-state index contributed by atoms with van der Waals surface area (Å²) in [6, 6.07) is 4.10. The molecule has 4 nitrogen and oxygen atoms in total. The zero-order valence-corrected chi connectivity index (χ0v) is 19.1. The zero-order chi connectivity index (χ0) is 21.0. The van der Waals surface area contributed by atoms with E-state index in [0.29, 0.717) is 13.0 Å². The summed E-state index contributed by atoms with van der Waals surface area (Å²) >= 11 is 0. The molecule has 0 unspecified atom stereocenters. The fourth-order valence-electron chi connectivity index (χ4n) is 3.64. The predicted molar refractivity (Wildman–Crippen MR) is 124 cm³/mol. The number of pyridine rings is 1. The first kappa shape index (κ1) is 25.6. The van der Waals surface area contributed by atoms with E-state index in [0.717, 1.165) is 36.9 Å². The summed E-state index contributed by atoms with van der Waals surface area (Å²) in [5.74, 6) is 0.0934. The fourth-order valence-corrected chi connectivity index (χ4v) is 3.64. The second-order valence-electron chi connectivity index (χ2n) is 8.30. The van der Waals surface area contributed by atoms with E-state index in [1.54, 1.807) is 0 Å². The van der Waals surface area contributed by atoms with Crippen LogP contribution in [0.5, 0.6) is 0 Å². The molecule has 1 aromatic heterocycles. The van der Waals surface area contributed by atoms with Gasteiger partial charge in [0.25, 0.3) is 0 Å². The molecule has 1 amide bonds. The van der Waals surface area contributed by atoms with Crippen molar-refractivity contribution in [2.45, 2.75) is 123 Å². The molecule has 1 aromatic rings. The number of hydrogen-bond donors (Lipinski definition) is 2. The minimum Gasteiger partial charge on any atom is -0.291 e. The van der Waals surface area contributed by atoms with Crippen molar-refractivity contribution in [1.29, 1.82) is 0 Å². The van der Waals surface area contributed by atoms with Crippen LogP contribution in [0.2, 0.25) is 0 Å². The lowest BCUT2D eigenvalue weighted by Gasteiger charge is -2.08. The molecule has 0 saturated carbocycles. The highest BCUT2D eigenvalue weighted by Crippen LogP contribution is 2.13. The number of amides is 1. The Hall–Kier alpha value is -1.42. The summed E-state index contributed by atoms with van der Waals surface area (Å²) in [6.07, 6.45) is 21.8. The van der Waals surface area contributed by atoms with E-state index < -0.39 is 0 Å². The van der Waals surface area contributed by atoms with Crippen molar-refractivity contribution >= 4 is 5.91 Å². The molecule has 29 heavy (non-hydrogen) atoms. The highest BCUT2D eigenvalue weighted by Gasteiger charge is 2.02. The summed E-state index contributed by atoms with van der Waals surface area (Å²) < 4.78 is 0. The van der Waals surface area contributed by atoms with Gasteiger partial charge in [0, 0.05) is 24.9 Å². The Morgan fingerprint density at radius 2 is 1.41 bits per heavy atom. The first-order chi connectivity index (χ1) is 14.3. The Morgan fingerprint density at radius 3 is 2.00 bits per heavy atom. The van der Waals surface area contributed by atoms with Crippen molar-refractivity contribution in [3.05, 3.63) is 29.6 Å². The van der Waals surface area contributed by atoms with Crippen LogP contribution in [0.25, 0.3) is 0 Å². The molecule has 1 heterocycles.